The molecule has 22 heavy (non-hydrogen) atoms. The Labute approximate surface area is 133 Å². The average molecular weight is 309 g/mol. The molecule has 1 N–H and O–H groups in total. The van der Waals surface area contributed by atoms with Gasteiger partial charge < -0.3 is 0 Å². The molecule has 0 saturated heterocycles. The molecule has 0 amide bonds. The molecule has 108 valence electrons. The highest BCUT2D eigenvalue weighted by Crippen LogP contribution is 2.16. The molecule has 2 aromatic carbocycles. The Balaban J connectivity index is 1.68. The van der Waals surface area contributed by atoms with Crippen LogP contribution in [0.3, 0.4) is 0 Å². The predicted octanol–water partition coefficient (Wildman–Crippen LogP) is 4.24. The number of hydrogen-bond donors (Lipinski definition) is 1. The number of nitrogens with one attached hydrogen (secondary N) is 1. The summed E-state index contributed by atoms with van der Waals surface area (Å²) in [5.41, 5.74) is 5.52. The molecule has 3 aromatic rings. The minimum absolute atomic E-state index is 0.572. The summed E-state index contributed by atoms with van der Waals surface area (Å²) in [5.74, 6) is 0.572. The molecule has 3 rings (SSSR count). The van der Waals surface area contributed by atoms with Crippen LogP contribution in [-0.2, 0) is 0 Å². The highest BCUT2D eigenvalue weighted by Gasteiger charge is 1.99. The Kier molecular flexibility index (Phi) is 4.41. The van der Waals surface area contributed by atoms with Crippen molar-refractivity contribution in [2.75, 3.05) is 5.43 Å². The van der Waals surface area contributed by atoms with Gasteiger partial charge in [0, 0.05) is 16.1 Å². The maximum atomic E-state index is 6.05. The first kappa shape index (κ1) is 14.2. The Bertz CT molecular complexity index is 770. The fourth-order valence-electron chi connectivity index (χ4n) is 1.90. The monoisotopic (exact) mass is 308 g/mol. The molecule has 0 radical (unpaired) electrons. The normalized spacial score (nSPS) is 10.8. The highest BCUT2D eigenvalue weighted by molar-refractivity contribution is 6.33. The average Bonchev–Trinajstić information content (AvgIpc) is 2.58. The van der Waals surface area contributed by atoms with Crippen molar-refractivity contribution in [1.82, 2.24) is 10.2 Å². The summed E-state index contributed by atoms with van der Waals surface area (Å²) >= 11 is 6.05. The first-order chi connectivity index (χ1) is 10.8. The lowest BCUT2D eigenvalue weighted by molar-refractivity contribution is 1.03. The van der Waals surface area contributed by atoms with Gasteiger partial charge in [-0.2, -0.15) is 5.10 Å². The molecular formula is C17H13ClN4. The summed E-state index contributed by atoms with van der Waals surface area (Å²) in [6.45, 7) is 0. The standard InChI is InChI=1S/C17H13ClN4/c18-15-9-5-4-8-14(15)12-19-21-17-11-10-16(20-22-17)13-6-2-1-3-7-13/h1-12H,(H,21,22). The molecule has 0 bridgehead atoms. The molecule has 1 aromatic heterocycles. The first-order valence-corrected chi connectivity index (χ1v) is 7.13. The van der Waals surface area contributed by atoms with Crippen molar-refractivity contribution < 1.29 is 0 Å². The van der Waals surface area contributed by atoms with Crippen LogP contribution in [-0.4, -0.2) is 16.4 Å². The van der Waals surface area contributed by atoms with Crippen LogP contribution >= 0.6 is 11.6 Å². The van der Waals surface area contributed by atoms with Crippen molar-refractivity contribution in [3.8, 4) is 11.3 Å². The molecule has 0 fully saturated rings. The number of halogens is 1. The fourth-order valence-corrected chi connectivity index (χ4v) is 2.09. The largest absolute Gasteiger partial charge is 0.260 e. The van der Waals surface area contributed by atoms with Crippen LogP contribution in [0.4, 0.5) is 5.82 Å². The molecule has 0 atom stereocenters. The second-order valence-corrected chi connectivity index (χ2v) is 4.97. The van der Waals surface area contributed by atoms with E-state index in [0.717, 1.165) is 16.8 Å². The topological polar surface area (TPSA) is 50.2 Å². The lowest BCUT2D eigenvalue weighted by Gasteiger charge is -2.02. The van der Waals surface area contributed by atoms with E-state index in [2.05, 4.69) is 20.7 Å². The third kappa shape index (κ3) is 3.48. The smallest absolute Gasteiger partial charge is 0.168 e. The van der Waals surface area contributed by atoms with Gasteiger partial charge in [-0.25, -0.2) is 0 Å². The molecule has 4 nitrogen and oxygen atoms in total. The molecule has 5 heteroatoms. The van der Waals surface area contributed by atoms with Gasteiger partial charge in [-0.05, 0) is 18.2 Å². The van der Waals surface area contributed by atoms with Gasteiger partial charge >= 0.3 is 0 Å². The second-order valence-electron chi connectivity index (χ2n) is 4.56. The summed E-state index contributed by atoms with van der Waals surface area (Å²) in [5, 5.41) is 13.0. The minimum Gasteiger partial charge on any atom is -0.260 e. The number of hydrazone groups is 1. The van der Waals surface area contributed by atoms with Crippen LogP contribution < -0.4 is 5.43 Å². The Morgan fingerprint density at radius 2 is 1.64 bits per heavy atom. The van der Waals surface area contributed by atoms with Gasteiger partial charge in [0.25, 0.3) is 0 Å². The van der Waals surface area contributed by atoms with E-state index in [1.807, 2.05) is 66.7 Å². The molecule has 0 spiro atoms. The van der Waals surface area contributed by atoms with Gasteiger partial charge in [-0.15, -0.1) is 10.2 Å². The van der Waals surface area contributed by atoms with Gasteiger partial charge in [-0.3, -0.25) is 5.43 Å². The molecule has 0 aliphatic heterocycles. The predicted molar refractivity (Wildman–Crippen MR) is 90.1 cm³/mol. The number of benzene rings is 2. The summed E-state index contributed by atoms with van der Waals surface area (Å²) in [7, 11) is 0. The maximum Gasteiger partial charge on any atom is 0.168 e. The van der Waals surface area contributed by atoms with E-state index in [4.69, 9.17) is 11.6 Å². The quantitative estimate of drug-likeness (QED) is 0.579. The zero-order valence-corrected chi connectivity index (χ0v) is 12.4. The molecule has 0 saturated carbocycles. The Morgan fingerprint density at radius 1 is 0.864 bits per heavy atom. The minimum atomic E-state index is 0.572. The van der Waals surface area contributed by atoms with Crippen LogP contribution in [0.1, 0.15) is 5.56 Å². The number of aromatic nitrogens is 2. The number of hydrogen-bond acceptors (Lipinski definition) is 4. The summed E-state index contributed by atoms with van der Waals surface area (Å²) in [4.78, 5) is 0. The highest BCUT2D eigenvalue weighted by atomic mass is 35.5. The number of nitrogens with zero attached hydrogens (tertiary/aromatic N) is 3. The molecule has 1 heterocycles. The lowest BCUT2D eigenvalue weighted by atomic mass is 10.1. The van der Waals surface area contributed by atoms with Gasteiger partial charge in [0.05, 0.1) is 11.9 Å². The van der Waals surface area contributed by atoms with Crippen LogP contribution in [0, 0.1) is 0 Å². The molecule has 0 aliphatic carbocycles. The van der Waals surface area contributed by atoms with Crippen molar-refractivity contribution in [1.29, 1.82) is 0 Å². The zero-order valence-electron chi connectivity index (χ0n) is 11.6. The Morgan fingerprint density at radius 3 is 2.36 bits per heavy atom. The summed E-state index contributed by atoms with van der Waals surface area (Å²) in [6.07, 6.45) is 1.65. The van der Waals surface area contributed by atoms with Gasteiger partial charge in [0.2, 0.25) is 0 Å². The lowest BCUT2D eigenvalue weighted by Crippen LogP contribution is -1.96. The first-order valence-electron chi connectivity index (χ1n) is 6.76. The summed E-state index contributed by atoms with van der Waals surface area (Å²) < 4.78 is 0. The van der Waals surface area contributed by atoms with Crippen molar-refractivity contribution in [3.63, 3.8) is 0 Å². The summed E-state index contributed by atoms with van der Waals surface area (Å²) in [6, 6.07) is 21.1. The van der Waals surface area contributed by atoms with E-state index in [0.29, 0.717) is 10.8 Å². The van der Waals surface area contributed by atoms with E-state index >= 15 is 0 Å². The van der Waals surface area contributed by atoms with Gasteiger partial charge in [-0.1, -0.05) is 60.1 Å². The third-order valence-electron chi connectivity index (χ3n) is 3.02. The van der Waals surface area contributed by atoms with Crippen LogP contribution in [0.25, 0.3) is 11.3 Å². The van der Waals surface area contributed by atoms with Gasteiger partial charge in [0.1, 0.15) is 0 Å². The number of anilines is 1. The van der Waals surface area contributed by atoms with E-state index in [1.165, 1.54) is 0 Å². The molecule has 0 unspecified atom stereocenters. The maximum absolute atomic E-state index is 6.05. The van der Waals surface area contributed by atoms with Crippen molar-refractivity contribution in [3.05, 3.63) is 77.3 Å². The third-order valence-corrected chi connectivity index (χ3v) is 3.37. The van der Waals surface area contributed by atoms with E-state index in [1.54, 1.807) is 6.21 Å². The van der Waals surface area contributed by atoms with Crippen LogP contribution in [0.15, 0.2) is 71.8 Å². The van der Waals surface area contributed by atoms with Crippen molar-refractivity contribution in [2.24, 2.45) is 5.10 Å². The van der Waals surface area contributed by atoms with Gasteiger partial charge in [0.15, 0.2) is 5.82 Å². The van der Waals surface area contributed by atoms with Crippen molar-refractivity contribution in [2.45, 2.75) is 0 Å². The molecule has 0 aliphatic rings. The Hall–Kier alpha value is -2.72. The molecular weight excluding hydrogens is 296 g/mol. The second kappa shape index (κ2) is 6.83. The van der Waals surface area contributed by atoms with E-state index in [-0.39, 0.29) is 0 Å². The SMILES string of the molecule is Clc1ccccc1C=NNc1ccc(-c2ccccc2)nn1. The van der Waals surface area contributed by atoms with Crippen LogP contribution in [0.5, 0.6) is 0 Å². The number of rotatable bonds is 4. The van der Waals surface area contributed by atoms with Crippen molar-refractivity contribution >= 4 is 23.6 Å². The van der Waals surface area contributed by atoms with Crippen LogP contribution in [0.2, 0.25) is 5.02 Å². The van der Waals surface area contributed by atoms with E-state index < -0.39 is 0 Å². The van der Waals surface area contributed by atoms with E-state index in [9.17, 15) is 0 Å². The fraction of sp³-hybridized carbons (Fsp3) is 0. The zero-order chi connectivity index (χ0) is 15.2.